The van der Waals surface area contributed by atoms with Gasteiger partial charge in [-0.15, -0.1) is 0 Å². The Morgan fingerprint density at radius 1 is 1.10 bits per heavy atom. The van der Waals surface area contributed by atoms with Crippen molar-refractivity contribution < 1.29 is 0 Å². The van der Waals surface area contributed by atoms with E-state index >= 15 is 0 Å². The standard InChI is InChI=1S/C18H38N2/c1-7-19-18-10-9-16(15(5)6)11-17(18)13-20(8-2)12-14(3)4/h14-19H,7-13H2,1-6H3. The first-order chi connectivity index (χ1) is 9.47. The lowest BCUT2D eigenvalue weighted by molar-refractivity contribution is 0.118. The van der Waals surface area contributed by atoms with Crippen LogP contribution in [0.15, 0.2) is 0 Å². The Bertz CT molecular complexity index is 250. The number of nitrogens with one attached hydrogen (secondary N) is 1. The zero-order valence-corrected chi connectivity index (χ0v) is 14.8. The molecule has 1 N–H and O–H groups in total. The third-order valence-corrected chi connectivity index (χ3v) is 5.00. The number of hydrogen-bond donors (Lipinski definition) is 1. The van der Waals surface area contributed by atoms with Gasteiger partial charge in [-0.1, -0.05) is 41.5 Å². The molecule has 1 aliphatic carbocycles. The minimum absolute atomic E-state index is 0.746. The van der Waals surface area contributed by atoms with Gasteiger partial charge in [0, 0.05) is 19.1 Å². The van der Waals surface area contributed by atoms with E-state index in [4.69, 9.17) is 0 Å². The van der Waals surface area contributed by atoms with Crippen molar-refractivity contribution in [2.75, 3.05) is 26.2 Å². The van der Waals surface area contributed by atoms with Crippen LogP contribution in [-0.4, -0.2) is 37.1 Å². The molecule has 0 bridgehead atoms. The van der Waals surface area contributed by atoms with Crippen LogP contribution in [0.1, 0.15) is 60.8 Å². The van der Waals surface area contributed by atoms with Crippen molar-refractivity contribution in [2.45, 2.75) is 66.8 Å². The summed E-state index contributed by atoms with van der Waals surface area (Å²) in [7, 11) is 0. The van der Waals surface area contributed by atoms with Crippen molar-refractivity contribution in [2.24, 2.45) is 23.7 Å². The maximum absolute atomic E-state index is 3.75. The van der Waals surface area contributed by atoms with Gasteiger partial charge in [-0.05, 0) is 56.0 Å². The third-order valence-electron chi connectivity index (χ3n) is 5.00. The zero-order valence-electron chi connectivity index (χ0n) is 14.8. The SMILES string of the molecule is CCNC1CCC(C(C)C)CC1CN(CC)CC(C)C. The lowest BCUT2D eigenvalue weighted by Gasteiger charge is -2.40. The zero-order chi connectivity index (χ0) is 15.1. The van der Waals surface area contributed by atoms with E-state index in [2.05, 4.69) is 51.8 Å². The van der Waals surface area contributed by atoms with Gasteiger partial charge in [0.2, 0.25) is 0 Å². The Balaban J connectivity index is 2.62. The molecule has 0 amide bonds. The summed E-state index contributed by atoms with van der Waals surface area (Å²) < 4.78 is 0. The van der Waals surface area contributed by atoms with E-state index in [1.807, 2.05) is 0 Å². The summed E-state index contributed by atoms with van der Waals surface area (Å²) in [4.78, 5) is 2.67. The van der Waals surface area contributed by atoms with Crippen molar-refractivity contribution in [3.63, 3.8) is 0 Å². The maximum Gasteiger partial charge on any atom is 0.0108 e. The quantitative estimate of drug-likeness (QED) is 0.723. The number of nitrogens with zero attached hydrogens (tertiary/aromatic N) is 1. The van der Waals surface area contributed by atoms with Gasteiger partial charge in [-0.3, -0.25) is 0 Å². The lowest BCUT2D eigenvalue weighted by atomic mass is 9.73. The maximum atomic E-state index is 3.75. The van der Waals surface area contributed by atoms with E-state index in [-0.39, 0.29) is 0 Å². The molecule has 1 aliphatic rings. The fraction of sp³-hybridized carbons (Fsp3) is 1.00. The summed E-state index contributed by atoms with van der Waals surface area (Å²) >= 11 is 0. The molecule has 1 fully saturated rings. The summed E-state index contributed by atoms with van der Waals surface area (Å²) in [6, 6.07) is 0.746. The van der Waals surface area contributed by atoms with Gasteiger partial charge in [-0.2, -0.15) is 0 Å². The van der Waals surface area contributed by atoms with Gasteiger partial charge in [0.1, 0.15) is 0 Å². The van der Waals surface area contributed by atoms with E-state index in [0.717, 1.165) is 36.3 Å². The summed E-state index contributed by atoms with van der Waals surface area (Å²) in [5.74, 6) is 3.40. The molecule has 1 saturated carbocycles. The first-order valence-electron chi connectivity index (χ1n) is 8.93. The molecule has 0 heterocycles. The van der Waals surface area contributed by atoms with E-state index in [1.165, 1.54) is 38.9 Å². The van der Waals surface area contributed by atoms with Crippen LogP contribution in [0.5, 0.6) is 0 Å². The molecule has 0 aromatic heterocycles. The van der Waals surface area contributed by atoms with Crippen molar-refractivity contribution in [1.29, 1.82) is 0 Å². The highest BCUT2D eigenvalue weighted by molar-refractivity contribution is 4.87. The van der Waals surface area contributed by atoms with Crippen molar-refractivity contribution >= 4 is 0 Å². The first kappa shape index (κ1) is 18.0. The van der Waals surface area contributed by atoms with Crippen LogP contribution in [0, 0.1) is 23.7 Å². The number of rotatable bonds is 8. The second-order valence-electron chi connectivity index (χ2n) is 7.49. The second-order valence-corrected chi connectivity index (χ2v) is 7.49. The second kappa shape index (κ2) is 9.04. The minimum Gasteiger partial charge on any atom is -0.314 e. The van der Waals surface area contributed by atoms with Gasteiger partial charge >= 0.3 is 0 Å². The Morgan fingerprint density at radius 2 is 1.80 bits per heavy atom. The Hall–Kier alpha value is -0.0800. The van der Waals surface area contributed by atoms with E-state index < -0.39 is 0 Å². The molecule has 0 spiro atoms. The first-order valence-corrected chi connectivity index (χ1v) is 8.93. The molecule has 3 atom stereocenters. The molecule has 1 rings (SSSR count). The van der Waals surface area contributed by atoms with E-state index in [9.17, 15) is 0 Å². The van der Waals surface area contributed by atoms with Crippen molar-refractivity contribution in [3.05, 3.63) is 0 Å². The topological polar surface area (TPSA) is 15.3 Å². The molecule has 120 valence electrons. The van der Waals surface area contributed by atoms with Crippen molar-refractivity contribution in [3.8, 4) is 0 Å². The van der Waals surface area contributed by atoms with Crippen molar-refractivity contribution in [1.82, 2.24) is 10.2 Å². The van der Waals surface area contributed by atoms with Gasteiger partial charge in [-0.25, -0.2) is 0 Å². The van der Waals surface area contributed by atoms with Gasteiger partial charge in [0.25, 0.3) is 0 Å². The van der Waals surface area contributed by atoms with Crippen LogP contribution in [-0.2, 0) is 0 Å². The summed E-state index contributed by atoms with van der Waals surface area (Å²) in [5, 5.41) is 3.75. The minimum atomic E-state index is 0.746. The average molecular weight is 283 g/mol. The Labute approximate surface area is 127 Å². The summed E-state index contributed by atoms with van der Waals surface area (Å²) in [6.45, 7) is 18.9. The molecule has 2 nitrogen and oxygen atoms in total. The number of hydrogen-bond acceptors (Lipinski definition) is 2. The monoisotopic (exact) mass is 282 g/mol. The average Bonchev–Trinajstić information content (AvgIpc) is 2.39. The molecule has 20 heavy (non-hydrogen) atoms. The van der Waals surface area contributed by atoms with E-state index in [0.29, 0.717) is 0 Å². The van der Waals surface area contributed by atoms with Crippen LogP contribution in [0.25, 0.3) is 0 Å². The summed E-state index contributed by atoms with van der Waals surface area (Å²) in [6.07, 6.45) is 4.21. The molecule has 0 aromatic rings. The van der Waals surface area contributed by atoms with E-state index in [1.54, 1.807) is 0 Å². The predicted molar refractivity (Wildman–Crippen MR) is 90.1 cm³/mol. The fourth-order valence-electron chi connectivity index (χ4n) is 3.82. The molecular formula is C18H38N2. The third kappa shape index (κ3) is 5.73. The molecule has 0 aliphatic heterocycles. The smallest absolute Gasteiger partial charge is 0.0108 e. The molecule has 0 saturated heterocycles. The molecular weight excluding hydrogens is 244 g/mol. The highest BCUT2D eigenvalue weighted by Crippen LogP contribution is 2.34. The lowest BCUT2D eigenvalue weighted by Crippen LogP contribution is -2.47. The summed E-state index contributed by atoms with van der Waals surface area (Å²) in [5.41, 5.74) is 0. The molecule has 0 radical (unpaired) electrons. The van der Waals surface area contributed by atoms with Crippen LogP contribution >= 0.6 is 0 Å². The van der Waals surface area contributed by atoms with Gasteiger partial charge in [0.05, 0.1) is 0 Å². The molecule has 0 aromatic carbocycles. The largest absolute Gasteiger partial charge is 0.314 e. The van der Waals surface area contributed by atoms with Crippen LogP contribution < -0.4 is 5.32 Å². The molecule has 3 unspecified atom stereocenters. The molecule has 2 heteroatoms. The van der Waals surface area contributed by atoms with Crippen LogP contribution in [0.4, 0.5) is 0 Å². The Morgan fingerprint density at radius 3 is 2.30 bits per heavy atom. The fourth-order valence-corrected chi connectivity index (χ4v) is 3.82. The Kier molecular flexibility index (Phi) is 8.13. The predicted octanol–water partition coefficient (Wildman–Crippen LogP) is 4.01. The highest BCUT2D eigenvalue weighted by atomic mass is 15.1. The highest BCUT2D eigenvalue weighted by Gasteiger charge is 2.32. The van der Waals surface area contributed by atoms with Crippen LogP contribution in [0.2, 0.25) is 0 Å². The van der Waals surface area contributed by atoms with Crippen LogP contribution in [0.3, 0.4) is 0 Å². The van der Waals surface area contributed by atoms with Gasteiger partial charge in [0.15, 0.2) is 0 Å². The van der Waals surface area contributed by atoms with Gasteiger partial charge < -0.3 is 10.2 Å². The normalized spacial score (nSPS) is 27.8.